The number of aldehydes is 1. The molecule has 0 radical (unpaired) electrons. The molecule has 2 heterocycles. The van der Waals surface area contributed by atoms with Crippen LogP contribution in [0, 0.1) is 19.3 Å². The molecule has 0 aliphatic carbocycles. The third-order valence-electron chi connectivity index (χ3n) is 3.96. The summed E-state index contributed by atoms with van der Waals surface area (Å²) in [6.45, 7) is 29.6. The summed E-state index contributed by atoms with van der Waals surface area (Å²) in [6, 6.07) is 6.28. The first-order valence-electron chi connectivity index (χ1n) is 14.2. The fourth-order valence-electron chi connectivity index (χ4n) is 1.82. The highest BCUT2D eigenvalue weighted by Gasteiger charge is 2.04. The van der Waals surface area contributed by atoms with Gasteiger partial charge in [-0.2, -0.15) is 0 Å². The van der Waals surface area contributed by atoms with E-state index in [1.165, 1.54) is 49.9 Å². The third-order valence-corrected chi connectivity index (χ3v) is 3.96. The molecule has 0 spiro atoms. The summed E-state index contributed by atoms with van der Waals surface area (Å²) in [7, 11) is 0. The monoisotopic (exact) mass is 546 g/mol. The average Bonchev–Trinajstić information content (AvgIpc) is 2.96. The first-order valence-corrected chi connectivity index (χ1v) is 14.2. The summed E-state index contributed by atoms with van der Waals surface area (Å²) in [4.78, 5) is 26.1. The van der Waals surface area contributed by atoms with Crippen LogP contribution in [-0.2, 0) is 16.0 Å². The molecule has 0 unspecified atom stereocenters. The zero-order valence-electron chi connectivity index (χ0n) is 27.6. The van der Waals surface area contributed by atoms with Crippen molar-refractivity contribution in [3.05, 3.63) is 59.6 Å². The van der Waals surface area contributed by atoms with Crippen LogP contribution in [0.1, 0.15) is 119 Å². The Labute approximate surface area is 242 Å². The van der Waals surface area contributed by atoms with Crippen molar-refractivity contribution >= 4 is 18.9 Å². The number of amides is 1. The Morgan fingerprint density at radius 1 is 0.923 bits per heavy atom. The molecule has 0 atom stereocenters. The SMILES string of the molecule is C=C(C)C=N.CC.CC.CC=O.CCCC.CCCC.CCc1cnc(-c2ccnc(C)c2)c(C)c1.NC=O. The number of primary amides is 1. The highest BCUT2D eigenvalue weighted by molar-refractivity contribution is 5.73. The summed E-state index contributed by atoms with van der Waals surface area (Å²) in [5.74, 6) is 0. The van der Waals surface area contributed by atoms with Crippen LogP contribution in [0.5, 0.6) is 0 Å². The second-order valence-electron chi connectivity index (χ2n) is 7.41. The van der Waals surface area contributed by atoms with Gasteiger partial charge in [-0.15, -0.1) is 0 Å². The Bertz CT molecular complexity index is 777. The van der Waals surface area contributed by atoms with E-state index in [0.29, 0.717) is 0 Å². The number of carbonyl (C=O) groups excluding carboxylic acids is 2. The van der Waals surface area contributed by atoms with Crippen molar-refractivity contribution in [1.29, 1.82) is 5.41 Å². The molecule has 0 aliphatic rings. The standard InChI is InChI=1S/C14H16N2.C4H7N.2C4H10.C2H4O.2C2H6.CH3NO/c1-4-12-7-10(2)14(16-9-12)13-5-6-15-11(3)8-13;1-4(2)3-5;2*1-3-4-2;1-2-3;2*1-2;2-1-3/h5-9H,4H2,1-3H3;3,5H,1H2,2H3;2*3-4H2,1-2H3;2H,1H3;2*1-2H3;1H,(H2,2,3). The minimum absolute atomic E-state index is 0.250. The summed E-state index contributed by atoms with van der Waals surface area (Å²) < 4.78 is 0. The molecule has 0 fully saturated rings. The van der Waals surface area contributed by atoms with Crippen LogP contribution in [0.3, 0.4) is 0 Å². The van der Waals surface area contributed by atoms with Gasteiger partial charge in [-0.05, 0) is 62.9 Å². The van der Waals surface area contributed by atoms with E-state index >= 15 is 0 Å². The van der Waals surface area contributed by atoms with Gasteiger partial charge in [-0.1, -0.05) is 101 Å². The van der Waals surface area contributed by atoms with Gasteiger partial charge in [0.1, 0.15) is 6.29 Å². The van der Waals surface area contributed by atoms with E-state index in [-0.39, 0.29) is 6.41 Å². The van der Waals surface area contributed by atoms with Crippen LogP contribution in [0.15, 0.2) is 42.7 Å². The molecule has 1 amide bonds. The van der Waals surface area contributed by atoms with E-state index in [9.17, 15) is 0 Å². The van der Waals surface area contributed by atoms with Crippen LogP contribution in [0.25, 0.3) is 11.3 Å². The predicted molar refractivity (Wildman–Crippen MR) is 176 cm³/mol. The maximum absolute atomic E-state index is 8.81. The van der Waals surface area contributed by atoms with E-state index < -0.39 is 0 Å². The minimum Gasteiger partial charge on any atom is -0.372 e. The number of aromatic nitrogens is 2. The van der Waals surface area contributed by atoms with E-state index in [1.807, 2.05) is 53.1 Å². The smallest absolute Gasteiger partial charge is 0.204 e. The Hall–Kier alpha value is -3.15. The maximum atomic E-state index is 8.81. The first-order chi connectivity index (χ1) is 18.6. The zero-order valence-corrected chi connectivity index (χ0v) is 27.6. The lowest BCUT2D eigenvalue weighted by molar-refractivity contribution is -0.107. The van der Waals surface area contributed by atoms with E-state index in [4.69, 9.17) is 15.0 Å². The van der Waals surface area contributed by atoms with Crippen molar-refractivity contribution in [2.75, 3.05) is 0 Å². The summed E-state index contributed by atoms with van der Waals surface area (Å²) >= 11 is 0. The van der Waals surface area contributed by atoms with Gasteiger partial charge < -0.3 is 15.9 Å². The van der Waals surface area contributed by atoms with Crippen molar-refractivity contribution in [3.8, 4) is 11.3 Å². The number of hydrogen-bond acceptors (Lipinski definition) is 5. The maximum Gasteiger partial charge on any atom is 0.204 e. The lowest BCUT2D eigenvalue weighted by Gasteiger charge is -2.07. The lowest BCUT2D eigenvalue weighted by Crippen LogP contribution is -1.92. The van der Waals surface area contributed by atoms with E-state index in [2.05, 4.69) is 76.0 Å². The van der Waals surface area contributed by atoms with Crippen LogP contribution < -0.4 is 5.73 Å². The fraction of sp³-hybridized carbons (Fsp3) is 0.545. The van der Waals surface area contributed by atoms with Crippen molar-refractivity contribution in [3.63, 3.8) is 0 Å². The van der Waals surface area contributed by atoms with Gasteiger partial charge in [0.2, 0.25) is 6.41 Å². The van der Waals surface area contributed by atoms with Gasteiger partial charge in [-0.3, -0.25) is 14.8 Å². The number of carbonyl (C=O) groups is 2. The Balaban J connectivity index is -0.0000000985. The van der Waals surface area contributed by atoms with Crippen molar-refractivity contribution in [2.45, 2.75) is 122 Å². The van der Waals surface area contributed by atoms with Crippen molar-refractivity contribution < 1.29 is 9.59 Å². The van der Waals surface area contributed by atoms with Crippen LogP contribution in [0.4, 0.5) is 0 Å². The number of pyridine rings is 2. The summed E-state index contributed by atoms with van der Waals surface area (Å²) in [5.41, 5.74) is 10.7. The number of unbranched alkanes of at least 4 members (excludes halogenated alkanes) is 2. The molecule has 6 nitrogen and oxygen atoms in total. The topological polar surface area (TPSA) is 110 Å². The lowest BCUT2D eigenvalue weighted by atomic mass is 10.0. The molecule has 0 aliphatic heterocycles. The van der Waals surface area contributed by atoms with E-state index in [0.717, 1.165) is 35.2 Å². The number of rotatable bonds is 5. The predicted octanol–water partition coefficient (Wildman–Crippen LogP) is 9.51. The molecule has 0 bridgehead atoms. The Kier molecular flexibility index (Phi) is 56.2. The molecule has 2 aromatic heterocycles. The largest absolute Gasteiger partial charge is 0.372 e. The molecule has 2 aromatic rings. The molecule has 0 saturated heterocycles. The van der Waals surface area contributed by atoms with Crippen molar-refractivity contribution in [2.24, 2.45) is 5.73 Å². The van der Waals surface area contributed by atoms with Gasteiger partial charge in [0.25, 0.3) is 0 Å². The number of nitrogens with one attached hydrogen (secondary N) is 1. The molecule has 0 aromatic carbocycles. The molecule has 6 heteroatoms. The van der Waals surface area contributed by atoms with Gasteiger partial charge >= 0.3 is 0 Å². The van der Waals surface area contributed by atoms with Crippen LogP contribution >= 0.6 is 0 Å². The molecule has 2 rings (SSSR count). The average molecular weight is 547 g/mol. The molecular formula is C33H62N4O2. The summed E-state index contributed by atoms with van der Waals surface area (Å²) in [5, 5.41) is 6.43. The number of nitrogens with zero attached hydrogens (tertiary/aromatic N) is 2. The first kappa shape index (κ1) is 48.9. The number of allylic oxidation sites excluding steroid dienone is 1. The van der Waals surface area contributed by atoms with Gasteiger partial charge in [0.05, 0.1) is 5.69 Å². The zero-order chi connectivity index (χ0) is 32.1. The third kappa shape index (κ3) is 42.2. The number of nitrogens with two attached hydrogens (primary N) is 1. The van der Waals surface area contributed by atoms with Gasteiger partial charge in [-0.25, -0.2) is 0 Å². The Morgan fingerprint density at radius 2 is 1.31 bits per heavy atom. The highest BCUT2D eigenvalue weighted by atomic mass is 16.1. The number of hydrogen-bond donors (Lipinski definition) is 2. The van der Waals surface area contributed by atoms with Crippen LogP contribution in [0.2, 0.25) is 0 Å². The summed E-state index contributed by atoms with van der Waals surface area (Å²) in [6.07, 6.45) is 12.3. The van der Waals surface area contributed by atoms with Crippen LogP contribution in [-0.4, -0.2) is 28.9 Å². The van der Waals surface area contributed by atoms with E-state index in [1.54, 1.807) is 6.92 Å². The molecule has 0 saturated carbocycles. The second kappa shape index (κ2) is 44.8. The van der Waals surface area contributed by atoms with Gasteiger partial charge in [0.15, 0.2) is 0 Å². The highest BCUT2D eigenvalue weighted by Crippen LogP contribution is 2.21. The Morgan fingerprint density at radius 3 is 1.56 bits per heavy atom. The molecule has 39 heavy (non-hydrogen) atoms. The van der Waals surface area contributed by atoms with Crippen molar-refractivity contribution in [1.82, 2.24) is 9.97 Å². The molecule has 3 N–H and O–H groups in total. The molecule has 226 valence electrons. The quantitative estimate of drug-likeness (QED) is 0.287. The normalized spacial score (nSPS) is 7.62. The fourth-order valence-corrected chi connectivity index (χ4v) is 1.82. The second-order valence-corrected chi connectivity index (χ2v) is 7.41. The number of aryl methyl sites for hydroxylation is 3. The van der Waals surface area contributed by atoms with Gasteiger partial charge in [0, 0.05) is 29.9 Å². The molecular weight excluding hydrogens is 484 g/mol. The minimum atomic E-state index is 0.250.